The van der Waals surface area contributed by atoms with E-state index in [4.69, 9.17) is 16.3 Å². The maximum Gasteiger partial charge on any atom is 0.233 e. The van der Waals surface area contributed by atoms with Crippen molar-refractivity contribution in [3.8, 4) is 5.88 Å². The fraction of sp³-hybridized carbons (Fsp3) is 0.579. The topological polar surface area (TPSA) is 35.0 Å². The molecule has 1 aliphatic rings. The van der Waals surface area contributed by atoms with Gasteiger partial charge < -0.3 is 4.74 Å². The van der Waals surface area contributed by atoms with E-state index in [9.17, 15) is 0 Å². The second kappa shape index (κ2) is 7.48. The summed E-state index contributed by atoms with van der Waals surface area (Å²) in [6.45, 7) is 4.51. The Morgan fingerprint density at radius 1 is 1.26 bits per heavy atom. The van der Waals surface area contributed by atoms with Crippen LogP contribution >= 0.6 is 11.6 Å². The van der Waals surface area contributed by atoms with E-state index < -0.39 is 0 Å². The highest BCUT2D eigenvalue weighted by molar-refractivity contribution is 6.31. The molecular formula is C19H25ClN2O. The van der Waals surface area contributed by atoms with Crippen LogP contribution in [0.3, 0.4) is 0 Å². The minimum absolute atomic E-state index is 0.260. The van der Waals surface area contributed by atoms with Crippen LogP contribution in [0.5, 0.6) is 5.88 Å². The van der Waals surface area contributed by atoms with Crippen molar-refractivity contribution in [3.63, 3.8) is 0 Å². The molecule has 0 spiro atoms. The summed E-state index contributed by atoms with van der Waals surface area (Å²) in [5.41, 5.74) is 1.64. The lowest BCUT2D eigenvalue weighted by Crippen LogP contribution is -2.18. The van der Waals surface area contributed by atoms with Gasteiger partial charge in [0.15, 0.2) is 0 Å². The molecule has 1 saturated carbocycles. The van der Waals surface area contributed by atoms with Crippen LogP contribution in [0.4, 0.5) is 0 Å². The third kappa shape index (κ3) is 4.35. The van der Waals surface area contributed by atoms with Crippen molar-refractivity contribution in [3.05, 3.63) is 29.4 Å². The summed E-state index contributed by atoms with van der Waals surface area (Å²) in [6, 6.07) is 5.57. The summed E-state index contributed by atoms with van der Waals surface area (Å²) in [4.78, 5) is 9.02. The zero-order valence-electron chi connectivity index (χ0n) is 14.0. The number of hydrogen-bond acceptors (Lipinski definition) is 3. The van der Waals surface area contributed by atoms with Crippen molar-refractivity contribution < 1.29 is 4.74 Å². The summed E-state index contributed by atoms with van der Waals surface area (Å²) in [5.74, 6) is 2.39. The van der Waals surface area contributed by atoms with Crippen LogP contribution in [-0.2, 0) is 0 Å². The molecule has 0 aliphatic heterocycles. The number of unbranched alkanes of at least 4 members (excludes halogenated alkanes) is 1. The Morgan fingerprint density at radius 2 is 2.13 bits per heavy atom. The van der Waals surface area contributed by atoms with Crippen LogP contribution in [0.25, 0.3) is 11.0 Å². The average molecular weight is 333 g/mol. The van der Waals surface area contributed by atoms with Gasteiger partial charge in [-0.05, 0) is 49.3 Å². The minimum Gasteiger partial charge on any atom is -0.473 e. The fourth-order valence-electron chi connectivity index (χ4n) is 3.29. The van der Waals surface area contributed by atoms with Gasteiger partial charge in [-0.25, -0.2) is 9.97 Å². The highest BCUT2D eigenvalue weighted by atomic mass is 35.5. The Bertz CT molecular complexity index is 661. The molecule has 124 valence electrons. The number of benzene rings is 1. The summed E-state index contributed by atoms with van der Waals surface area (Å²) >= 11 is 5.99. The number of rotatable bonds is 8. The first-order chi connectivity index (χ1) is 11.2. The first-order valence-corrected chi connectivity index (χ1v) is 9.16. The molecule has 3 nitrogen and oxygen atoms in total. The SMILES string of the molecule is CCCCC(CC1CC1CC)Oc1cnc2cc(Cl)ccc2n1. The van der Waals surface area contributed by atoms with Gasteiger partial charge in [0.05, 0.1) is 17.2 Å². The number of ether oxygens (including phenoxy) is 1. The monoisotopic (exact) mass is 332 g/mol. The summed E-state index contributed by atoms with van der Waals surface area (Å²) in [6.07, 6.45) is 9.29. The Labute approximate surface area is 143 Å². The molecule has 0 amide bonds. The van der Waals surface area contributed by atoms with Crippen LogP contribution in [0.15, 0.2) is 24.4 Å². The molecule has 0 N–H and O–H groups in total. The van der Waals surface area contributed by atoms with Crippen LogP contribution in [0, 0.1) is 11.8 Å². The molecule has 1 fully saturated rings. The highest BCUT2D eigenvalue weighted by Gasteiger charge is 2.37. The molecule has 1 aromatic heterocycles. The smallest absolute Gasteiger partial charge is 0.233 e. The Kier molecular flexibility index (Phi) is 5.37. The number of nitrogens with zero attached hydrogens (tertiary/aromatic N) is 2. The second-order valence-electron chi connectivity index (χ2n) is 6.62. The Balaban J connectivity index is 1.69. The lowest BCUT2D eigenvalue weighted by molar-refractivity contribution is 0.161. The van der Waals surface area contributed by atoms with Crippen LogP contribution in [-0.4, -0.2) is 16.1 Å². The molecule has 1 heterocycles. The van der Waals surface area contributed by atoms with Gasteiger partial charge in [0.1, 0.15) is 6.10 Å². The van der Waals surface area contributed by atoms with Crippen molar-refractivity contribution in [2.75, 3.05) is 0 Å². The van der Waals surface area contributed by atoms with Crippen molar-refractivity contribution in [2.45, 2.75) is 58.5 Å². The molecule has 23 heavy (non-hydrogen) atoms. The lowest BCUT2D eigenvalue weighted by Gasteiger charge is -2.18. The molecule has 1 aliphatic carbocycles. The zero-order valence-corrected chi connectivity index (χ0v) is 14.7. The van der Waals surface area contributed by atoms with E-state index >= 15 is 0 Å². The molecule has 0 bridgehead atoms. The molecule has 3 rings (SSSR count). The van der Waals surface area contributed by atoms with E-state index in [1.807, 2.05) is 18.2 Å². The largest absolute Gasteiger partial charge is 0.473 e. The normalized spacial score (nSPS) is 21.3. The number of hydrogen-bond donors (Lipinski definition) is 0. The second-order valence-corrected chi connectivity index (χ2v) is 7.06. The fourth-order valence-corrected chi connectivity index (χ4v) is 3.45. The van der Waals surface area contributed by atoms with Gasteiger partial charge in [-0.15, -0.1) is 0 Å². The Hall–Kier alpha value is -1.35. The average Bonchev–Trinajstić information content (AvgIpc) is 3.31. The molecule has 3 unspecified atom stereocenters. The van der Waals surface area contributed by atoms with Gasteiger partial charge in [-0.1, -0.05) is 44.7 Å². The van der Waals surface area contributed by atoms with Gasteiger partial charge in [0, 0.05) is 5.02 Å². The van der Waals surface area contributed by atoms with E-state index in [1.54, 1.807) is 6.20 Å². The van der Waals surface area contributed by atoms with Crippen molar-refractivity contribution in [1.29, 1.82) is 0 Å². The number of aromatic nitrogens is 2. The van der Waals surface area contributed by atoms with Gasteiger partial charge >= 0.3 is 0 Å². The molecular weight excluding hydrogens is 308 g/mol. The summed E-state index contributed by atoms with van der Waals surface area (Å²) < 4.78 is 6.19. The van der Waals surface area contributed by atoms with Crippen molar-refractivity contribution in [1.82, 2.24) is 9.97 Å². The van der Waals surface area contributed by atoms with Crippen LogP contribution < -0.4 is 4.74 Å². The van der Waals surface area contributed by atoms with Crippen LogP contribution in [0.2, 0.25) is 5.02 Å². The van der Waals surface area contributed by atoms with Gasteiger partial charge in [-0.3, -0.25) is 0 Å². The van der Waals surface area contributed by atoms with Crippen LogP contribution in [0.1, 0.15) is 52.4 Å². The predicted octanol–water partition coefficient (Wildman–Crippen LogP) is 5.66. The standard InChI is InChI=1S/C19H25ClN2O/c1-3-5-6-16(10-14-9-13(14)4-2)23-19-12-21-18-11-15(20)7-8-17(18)22-19/h7-8,11-14,16H,3-6,9-10H2,1-2H3. The van der Waals surface area contributed by atoms with E-state index in [1.165, 1.54) is 25.7 Å². The maximum atomic E-state index is 6.19. The van der Waals surface area contributed by atoms with E-state index in [0.717, 1.165) is 35.7 Å². The summed E-state index contributed by atoms with van der Waals surface area (Å²) in [7, 11) is 0. The van der Waals surface area contributed by atoms with E-state index in [0.29, 0.717) is 10.9 Å². The third-order valence-electron chi connectivity index (χ3n) is 4.81. The quantitative estimate of drug-likeness (QED) is 0.625. The van der Waals surface area contributed by atoms with E-state index in [-0.39, 0.29) is 6.10 Å². The zero-order chi connectivity index (χ0) is 16.2. The highest BCUT2D eigenvalue weighted by Crippen LogP contribution is 2.45. The first-order valence-electron chi connectivity index (χ1n) is 8.78. The molecule has 0 radical (unpaired) electrons. The lowest BCUT2D eigenvalue weighted by atomic mass is 10.0. The molecule has 3 atom stereocenters. The molecule has 2 aromatic rings. The summed E-state index contributed by atoms with van der Waals surface area (Å²) in [5, 5.41) is 0.681. The van der Waals surface area contributed by atoms with Crippen molar-refractivity contribution >= 4 is 22.6 Å². The van der Waals surface area contributed by atoms with Gasteiger partial charge in [0.2, 0.25) is 5.88 Å². The number of halogens is 1. The first kappa shape index (κ1) is 16.5. The van der Waals surface area contributed by atoms with Crippen molar-refractivity contribution in [2.24, 2.45) is 11.8 Å². The Morgan fingerprint density at radius 3 is 2.87 bits per heavy atom. The maximum absolute atomic E-state index is 6.19. The van der Waals surface area contributed by atoms with E-state index in [2.05, 4.69) is 23.8 Å². The molecule has 1 aromatic carbocycles. The number of fused-ring (bicyclic) bond motifs is 1. The van der Waals surface area contributed by atoms with Gasteiger partial charge in [-0.2, -0.15) is 0 Å². The minimum atomic E-state index is 0.260. The molecule has 0 saturated heterocycles. The van der Waals surface area contributed by atoms with Gasteiger partial charge in [0.25, 0.3) is 0 Å². The third-order valence-corrected chi connectivity index (χ3v) is 5.04. The predicted molar refractivity (Wildman–Crippen MR) is 95.0 cm³/mol. The molecule has 4 heteroatoms.